The van der Waals surface area contributed by atoms with E-state index >= 15 is 0 Å². The number of rotatable bonds is 5. The monoisotopic (exact) mass is 236 g/mol. The number of hydrogen-bond donors (Lipinski definition) is 2. The van der Waals surface area contributed by atoms with Crippen LogP contribution in [-0.2, 0) is 6.54 Å². The number of carboxylic acid groups (broad SMARTS) is 1. The van der Waals surface area contributed by atoms with Crippen molar-refractivity contribution in [3.05, 3.63) is 29.7 Å². The first-order valence-electron chi connectivity index (χ1n) is 5.80. The molecule has 5 nitrogen and oxygen atoms in total. The summed E-state index contributed by atoms with van der Waals surface area (Å²) in [6.07, 6.45) is 7.90. The molecule has 5 heteroatoms. The van der Waals surface area contributed by atoms with Crippen LogP contribution >= 0.6 is 0 Å². The number of hydrogen-bond acceptors (Lipinski definition) is 4. The third-order valence-electron chi connectivity index (χ3n) is 2.89. The summed E-state index contributed by atoms with van der Waals surface area (Å²) in [5.74, 6) is 0.174. The van der Waals surface area contributed by atoms with Crippen LogP contribution in [0, 0.1) is 5.92 Å². The van der Waals surface area contributed by atoms with Crippen molar-refractivity contribution >= 4 is 5.97 Å². The van der Waals surface area contributed by atoms with Crippen molar-refractivity contribution in [3.8, 4) is 0 Å². The van der Waals surface area contributed by atoms with Crippen LogP contribution in [-0.4, -0.2) is 22.8 Å². The third kappa shape index (κ3) is 3.42. The molecule has 1 heterocycles. The van der Waals surface area contributed by atoms with Crippen LogP contribution in [0.2, 0.25) is 0 Å². The lowest BCUT2D eigenvalue weighted by Gasteiger charge is -2.17. The van der Waals surface area contributed by atoms with Crippen molar-refractivity contribution in [2.45, 2.75) is 25.8 Å². The quantitative estimate of drug-likeness (QED) is 0.763. The van der Waals surface area contributed by atoms with Gasteiger partial charge in [-0.15, -0.1) is 0 Å². The lowest BCUT2D eigenvalue weighted by atomic mass is 9.94. The van der Waals surface area contributed by atoms with Gasteiger partial charge in [0.2, 0.25) is 0 Å². The van der Waals surface area contributed by atoms with Crippen LogP contribution in [0.5, 0.6) is 0 Å². The van der Waals surface area contributed by atoms with E-state index in [9.17, 15) is 4.79 Å². The third-order valence-corrected chi connectivity index (χ3v) is 2.89. The molecule has 2 rings (SSSR count). The Morgan fingerprint density at radius 3 is 3.12 bits per heavy atom. The number of aromatic nitrogens is 1. The Balaban J connectivity index is 1.73. The van der Waals surface area contributed by atoms with Crippen molar-refractivity contribution in [2.75, 3.05) is 6.54 Å². The molecule has 2 N–H and O–H groups in total. The number of allylic oxidation sites excluding steroid dienone is 2. The van der Waals surface area contributed by atoms with Gasteiger partial charge < -0.3 is 14.9 Å². The molecule has 0 amide bonds. The van der Waals surface area contributed by atoms with Gasteiger partial charge in [-0.25, -0.2) is 4.79 Å². The summed E-state index contributed by atoms with van der Waals surface area (Å²) in [6, 6.07) is 1.45. The van der Waals surface area contributed by atoms with Gasteiger partial charge in [-0.3, -0.25) is 0 Å². The number of carbonyl (C=O) groups is 1. The molecule has 17 heavy (non-hydrogen) atoms. The fourth-order valence-electron chi connectivity index (χ4n) is 1.94. The molecular formula is C12H16N2O3. The van der Waals surface area contributed by atoms with E-state index in [1.165, 1.54) is 12.5 Å². The van der Waals surface area contributed by atoms with Gasteiger partial charge in [-0.1, -0.05) is 17.3 Å². The summed E-state index contributed by atoms with van der Waals surface area (Å²) in [5, 5.41) is 15.4. The molecular weight excluding hydrogens is 220 g/mol. The molecule has 1 aromatic heterocycles. The maximum Gasteiger partial charge on any atom is 0.358 e. The first-order chi connectivity index (χ1) is 8.25. The minimum Gasteiger partial charge on any atom is -0.476 e. The van der Waals surface area contributed by atoms with Crippen molar-refractivity contribution in [3.63, 3.8) is 0 Å². The molecule has 1 unspecified atom stereocenters. The molecule has 92 valence electrons. The van der Waals surface area contributed by atoms with E-state index in [0.29, 0.717) is 18.2 Å². The predicted octanol–water partition coefficient (Wildman–Crippen LogP) is 1.82. The first-order valence-corrected chi connectivity index (χ1v) is 5.80. The van der Waals surface area contributed by atoms with E-state index < -0.39 is 5.97 Å². The van der Waals surface area contributed by atoms with E-state index in [4.69, 9.17) is 9.63 Å². The van der Waals surface area contributed by atoms with Crippen LogP contribution in [0.3, 0.4) is 0 Å². The topological polar surface area (TPSA) is 75.4 Å². The Morgan fingerprint density at radius 1 is 1.59 bits per heavy atom. The van der Waals surface area contributed by atoms with Crippen LogP contribution in [0.25, 0.3) is 0 Å². The number of carboxylic acids is 1. The minimum atomic E-state index is -1.06. The van der Waals surface area contributed by atoms with Gasteiger partial charge in [0.25, 0.3) is 0 Å². The standard InChI is InChI=1S/C12H16N2O3/c15-12(16)11-6-10(17-14-11)8-13-7-9-4-2-1-3-5-9/h1-2,6,9,13H,3-5,7-8H2,(H,15,16). The Kier molecular flexibility index (Phi) is 3.93. The highest BCUT2D eigenvalue weighted by molar-refractivity contribution is 5.85. The molecule has 0 aromatic carbocycles. The van der Waals surface area contributed by atoms with Gasteiger partial charge in [0.15, 0.2) is 11.5 Å². The second-order valence-corrected chi connectivity index (χ2v) is 4.27. The first kappa shape index (κ1) is 11.9. The second kappa shape index (κ2) is 5.63. The zero-order valence-electron chi connectivity index (χ0n) is 9.56. The van der Waals surface area contributed by atoms with E-state index in [-0.39, 0.29) is 5.69 Å². The predicted molar refractivity (Wildman–Crippen MR) is 61.7 cm³/mol. The van der Waals surface area contributed by atoms with Crippen LogP contribution in [0.1, 0.15) is 35.5 Å². The maximum absolute atomic E-state index is 10.6. The van der Waals surface area contributed by atoms with E-state index in [1.54, 1.807) is 0 Å². The lowest BCUT2D eigenvalue weighted by molar-refractivity contribution is 0.0685. The fourth-order valence-corrected chi connectivity index (χ4v) is 1.94. The Morgan fingerprint density at radius 2 is 2.47 bits per heavy atom. The minimum absolute atomic E-state index is 0.0394. The number of aromatic carboxylic acids is 1. The Labute approximate surface area is 99.5 Å². The molecule has 0 saturated heterocycles. The fraction of sp³-hybridized carbons (Fsp3) is 0.500. The van der Waals surface area contributed by atoms with Crippen LogP contribution in [0.4, 0.5) is 0 Å². The highest BCUT2D eigenvalue weighted by atomic mass is 16.5. The van der Waals surface area contributed by atoms with Gasteiger partial charge in [0, 0.05) is 6.07 Å². The van der Waals surface area contributed by atoms with Crippen molar-refractivity contribution in [1.29, 1.82) is 0 Å². The molecule has 0 radical (unpaired) electrons. The molecule has 1 atom stereocenters. The smallest absolute Gasteiger partial charge is 0.358 e. The highest BCUT2D eigenvalue weighted by Crippen LogP contribution is 2.17. The normalized spacial score (nSPS) is 19.4. The van der Waals surface area contributed by atoms with Gasteiger partial charge in [-0.05, 0) is 31.7 Å². The summed E-state index contributed by atoms with van der Waals surface area (Å²) in [6.45, 7) is 1.45. The largest absolute Gasteiger partial charge is 0.476 e. The van der Waals surface area contributed by atoms with E-state index in [1.807, 2.05) is 0 Å². The molecule has 1 aliphatic carbocycles. The molecule has 1 aliphatic rings. The summed E-state index contributed by atoms with van der Waals surface area (Å²) in [7, 11) is 0. The van der Waals surface area contributed by atoms with Gasteiger partial charge >= 0.3 is 5.97 Å². The van der Waals surface area contributed by atoms with Gasteiger partial charge in [0.05, 0.1) is 6.54 Å². The molecule has 0 aliphatic heterocycles. The number of nitrogens with one attached hydrogen (secondary N) is 1. The van der Waals surface area contributed by atoms with Crippen molar-refractivity contribution < 1.29 is 14.4 Å². The Hall–Kier alpha value is -1.62. The van der Waals surface area contributed by atoms with Crippen molar-refractivity contribution in [2.24, 2.45) is 5.92 Å². The second-order valence-electron chi connectivity index (χ2n) is 4.27. The highest BCUT2D eigenvalue weighted by Gasteiger charge is 2.12. The SMILES string of the molecule is O=C(O)c1cc(CNCC2CC=CCC2)on1. The average Bonchev–Trinajstić information content (AvgIpc) is 2.79. The summed E-state index contributed by atoms with van der Waals surface area (Å²) < 4.78 is 4.91. The molecule has 0 saturated carbocycles. The van der Waals surface area contributed by atoms with Crippen LogP contribution in [0.15, 0.2) is 22.7 Å². The number of nitrogens with zero attached hydrogens (tertiary/aromatic N) is 1. The maximum atomic E-state index is 10.6. The zero-order valence-corrected chi connectivity index (χ0v) is 9.56. The van der Waals surface area contributed by atoms with Crippen molar-refractivity contribution in [1.82, 2.24) is 10.5 Å². The Bertz CT molecular complexity index is 412. The molecule has 0 spiro atoms. The van der Waals surface area contributed by atoms with Crippen LogP contribution < -0.4 is 5.32 Å². The average molecular weight is 236 g/mol. The van der Waals surface area contributed by atoms with Gasteiger partial charge in [-0.2, -0.15) is 0 Å². The molecule has 0 fully saturated rings. The lowest BCUT2D eigenvalue weighted by Crippen LogP contribution is -2.22. The van der Waals surface area contributed by atoms with E-state index in [2.05, 4.69) is 22.6 Å². The molecule has 1 aromatic rings. The summed E-state index contributed by atoms with van der Waals surface area (Å²) >= 11 is 0. The van der Waals surface area contributed by atoms with E-state index in [0.717, 1.165) is 19.4 Å². The summed E-state index contributed by atoms with van der Waals surface area (Å²) in [5.41, 5.74) is -0.0394. The van der Waals surface area contributed by atoms with Gasteiger partial charge in [0.1, 0.15) is 0 Å². The zero-order chi connectivity index (χ0) is 12.1. The molecule has 0 bridgehead atoms. The summed E-state index contributed by atoms with van der Waals surface area (Å²) in [4.78, 5) is 10.6.